The molecule has 2 aromatic heterocycles. The molecule has 1 amide bonds. The predicted octanol–water partition coefficient (Wildman–Crippen LogP) is 4.46. The molecule has 1 aromatic carbocycles. The van der Waals surface area contributed by atoms with Gasteiger partial charge in [-0.05, 0) is 36.8 Å². The molecule has 0 saturated carbocycles. The van der Waals surface area contributed by atoms with E-state index < -0.39 is 0 Å². The Hall–Kier alpha value is -1.99. The summed E-state index contributed by atoms with van der Waals surface area (Å²) in [6, 6.07) is 11.2. The molecule has 1 unspecified atom stereocenters. The highest BCUT2D eigenvalue weighted by atomic mass is 35.5. The zero-order chi connectivity index (χ0) is 18.8. The van der Waals surface area contributed by atoms with E-state index in [1.54, 1.807) is 18.4 Å². The lowest BCUT2D eigenvalue weighted by Crippen LogP contribution is -2.49. The number of carbonyl (C=O) groups is 1. The monoisotopic (exact) mass is 457 g/mol. The van der Waals surface area contributed by atoms with Gasteiger partial charge in [0, 0.05) is 24.7 Å². The maximum atomic E-state index is 13.0. The van der Waals surface area contributed by atoms with E-state index in [4.69, 9.17) is 20.4 Å². The van der Waals surface area contributed by atoms with Crippen LogP contribution in [0.3, 0.4) is 0 Å². The highest BCUT2D eigenvalue weighted by Crippen LogP contribution is 2.27. The van der Waals surface area contributed by atoms with Gasteiger partial charge in [0.1, 0.15) is 5.76 Å². The van der Waals surface area contributed by atoms with E-state index in [2.05, 4.69) is 10.3 Å². The molecule has 1 saturated heterocycles. The molecule has 0 spiro atoms. The second-order valence-corrected chi connectivity index (χ2v) is 6.97. The Balaban J connectivity index is 0.00000150. The second-order valence-electron chi connectivity index (χ2n) is 6.54. The van der Waals surface area contributed by atoms with Crippen LogP contribution < -0.4 is 5.32 Å². The average molecular weight is 459 g/mol. The summed E-state index contributed by atoms with van der Waals surface area (Å²) in [6.07, 6.45) is 1.75. The fraction of sp³-hybridized carbons (Fsp3) is 0.300. The van der Waals surface area contributed by atoms with Crippen molar-refractivity contribution in [2.45, 2.75) is 19.4 Å². The fourth-order valence-corrected chi connectivity index (χ4v) is 3.56. The highest BCUT2D eigenvalue weighted by molar-refractivity contribution is 6.30. The standard InChI is InChI=1S/C20H20ClN3O3.2ClH/c1-13-16(23-20(27-13)18-6-3-9-26-18)11-19(25)24-8-7-22-12-17(24)14-4-2-5-15(21)10-14;;/h2-6,9-10,17,22H,7-8,11-12H2,1H3;2*1H. The number of oxazole rings is 1. The molecule has 6 nitrogen and oxygen atoms in total. The summed E-state index contributed by atoms with van der Waals surface area (Å²) in [7, 11) is 0. The molecular formula is C20H22Cl3N3O3. The number of amides is 1. The summed E-state index contributed by atoms with van der Waals surface area (Å²) in [6.45, 7) is 3.91. The number of furan rings is 1. The zero-order valence-corrected chi connectivity index (χ0v) is 18.1. The summed E-state index contributed by atoms with van der Waals surface area (Å²) in [5.41, 5.74) is 1.66. The zero-order valence-electron chi connectivity index (χ0n) is 15.8. The number of carbonyl (C=O) groups excluding carboxylic acids is 1. The van der Waals surface area contributed by atoms with E-state index in [0.717, 1.165) is 12.1 Å². The quantitative estimate of drug-likeness (QED) is 0.625. The lowest BCUT2D eigenvalue weighted by molar-refractivity contribution is -0.133. The highest BCUT2D eigenvalue weighted by Gasteiger charge is 2.29. The van der Waals surface area contributed by atoms with Crippen LogP contribution in [0, 0.1) is 6.92 Å². The first-order valence-electron chi connectivity index (χ1n) is 8.87. The lowest BCUT2D eigenvalue weighted by atomic mass is 10.0. The first-order valence-corrected chi connectivity index (χ1v) is 9.25. The molecule has 0 bridgehead atoms. The van der Waals surface area contributed by atoms with Crippen molar-refractivity contribution in [2.75, 3.05) is 19.6 Å². The van der Waals surface area contributed by atoms with Crippen LogP contribution in [0.25, 0.3) is 11.7 Å². The molecule has 1 atom stereocenters. The number of benzene rings is 1. The molecule has 1 fully saturated rings. The molecule has 1 aliphatic heterocycles. The van der Waals surface area contributed by atoms with E-state index in [-0.39, 0.29) is 43.2 Å². The van der Waals surface area contributed by atoms with Gasteiger partial charge in [-0.25, -0.2) is 4.98 Å². The number of hydrogen-bond acceptors (Lipinski definition) is 5. The Kier molecular flexibility index (Phi) is 8.16. The minimum atomic E-state index is -0.0540. The third-order valence-corrected chi connectivity index (χ3v) is 4.98. The Bertz CT molecular complexity index is 944. The van der Waals surface area contributed by atoms with Gasteiger partial charge in [-0.2, -0.15) is 0 Å². The summed E-state index contributed by atoms with van der Waals surface area (Å²) in [5, 5.41) is 4.02. The maximum absolute atomic E-state index is 13.0. The van der Waals surface area contributed by atoms with Crippen molar-refractivity contribution in [1.82, 2.24) is 15.2 Å². The van der Waals surface area contributed by atoms with Gasteiger partial charge in [0.05, 0.1) is 24.4 Å². The Morgan fingerprint density at radius 3 is 2.86 bits per heavy atom. The van der Waals surface area contributed by atoms with E-state index in [9.17, 15) is 4.79 Å². The molecule has 3 aromatic rings. The molecule has 3 heterocycles. The summed E-state index contributed by atoms with van der Waals surface area (Å²) >= 11 is 6.14. The van der Waals surface area contributed by atoms with Crippen LogP contribution >= 0.6 is 36.4 Å². The van der Waals surface area contributed by atoms with Crippen molar-refractivity contribution in [3.8, 4) is 11.7 Å². The van der Waals surface area contributed by atoms with Gasteiger partial charge in [0.2, 0.25) is 5.91 Å². The minimum Gasteiger partial charge on any atom is -0.459 e. The number of piperazine rings is 1. The van der Waals surface area contributed by atoms with Gasteiger partial charge < -0.3 is 19.1 Å². The van der Waals surface area contributed by atoms with Crippen LogP contribution in [0.5, 0.6) is 0 Å². The van der Waals surface area contributed by atoms with E-state index in [1.165, 1.54) is 0 Å². The number of aryl methyl sites for hydroxylation is 1. The van der Waals surface area contributed by atoms with Crippen LogP contribution in [0.1, 0.15) is 23.1 Å². The largest absolute Gasteiger partial charge is 0.459 e. The molecule has 1 N–H and O–H groups in total. The van der Waals surface area contributed by atoms with Crippen molar-refractivity contribution in [3.05, 3.63) is 64.7 Å². The SMILES string of the molecule is Cc1oc(-c2ccco2)nc1CC(=O)N1CCNCC1c1cccc(Cl)c1.Cl.Cl. The first-order chi connectivity index (χ1) is 13.1. The van der Waals surface area contributed by atoms with Crippen LogP contribution in [0.15, 0.2) is 51.5 Å². The molecular weight excluding hydrogens is 437 g/mol. The Morgan fingerprint density at radius 1 is 1.31 bits per heavy atom. The van der Waals surface area contributed by atoms with Gasteiger partial charge in [-0.1, -0.05) is 23.7 Å². The topological polar surface area (TPSA) is 71.5 Å². The molecule has 9 heteroatoms. The van der Waals surface area contributed by atoms with Crippen molar-refractivity contribution in [1.29, 1.82) is 0 Å². The van der Waals surface area contributed by atoms with Crippen LogP contribution in [-0.4, -0.2) is 35.4 Å². The number of rotatable bonds is 4. The number of aromatic nitrogens is 1. The summed E-state index contributed by atoms with van der Waals surface area (Å²) < 4.78 is 11.0. The van der Waals surface area contributed by atoms with Crippen molar-refractivity contribution >= 4 is 42.3 Å². The van der Waals surface area contributed by atoms with Crippen molar-refractivity contribution in [2.24, 2.45) is 0 Å². The van der Waals surface area contributed by atoms with E-state index >= 15 is 0 Å². The normalized spacial score (nSPS) is 16.1. The molecule has 29 heavy (non-hydrogen) atoms. The lowest BCUT2D eigenvalue weighted by Gasteiger charge is -2.36. The van der Waals surface area contributed by atoms with Crippen molar-refractivity contribution < 1.29 is 13.6 Å². The van der Waals surface area contributed by atoms with E-state index in [1.807, 2.05) is 36.1 Å². The Labute approximate surface area is 186 Å². The van der Waals surface area contributed by atoms with Crippen LogP contribution in [0.4, 0.5) is 0 Å². The second kappa shape index (κ2) is 10.2. The van der Waals surface area contributed by atoms with Crippen molar-refractivity contribution in [3.63, 3.8) is 0 Å². The fourth-order valence-electron chi connectivity index (χ4n) is 3.36. The van der Waals surface area contributed by atoms with Gasteiger partial charge in [-0.15, -0.1) is 24.8 Å². The minimum absolute atomic E-state index is 0. The van der Waals surface area contributed by atoms with Gasteiger partial charge in [0.15, 0.2) is 5.76 Å². The first kappa shape index (κ1) is 23.3. The summed E-state index contributed by atoms with van der Waals surface area (Å²) in [5.74, 6) is 1.59. The molecule has 0 radical (unpaired) electrons. The third-order valence-electron chi connectivity index (χ3n) is 4.74. The number of halogens is 3. The predicted molar refractivity (Wildman–Crippen MR) is 116 cm³/mol. The average Bonchev–Trinajstić information content (AvgIpc) is 3.32. The van der Waals surface area contributed by atoms with Gasteiger partial charge >= 0.3 is 0 Å². The van der Waals surface area contributed by atoms with Crippen LogP contribution in [0.2, 0.25) is 5.02 Å². The molecule has 1 aliphatic rings. The molecule has 4 rings (SSSR count). The van der Waals surface area contributed by atoms with Gasteiger partial charge in [-0.3, -0.25) is 4.79 Å². The third kappa shape index (κ3) is 5.14. The number of nitrogens with zero attached hydrogens (tertiary/aromatic N) is 2. The van der Waals surface area contributed by atoms with E-state index in [0.29, 0.717) is 41.2 Å². The molecule has 156 valence electrons. The number of hydrogen-bond donors (Lipinski definition) is 1. The number of nitrogens with one attached hydrogen (secondary N) is 1. The molecule has 0 aliphatic carbocycles. The summed E-state index contributed by atoms with van der Waals surface area (Å²) in [4.78, 5) is 19.4. The maximum Gasteiger partial charge on any atom is 0.263 e. The Morgan fingerprint density at radius 2 is 2.14 bits per heavy atom. The van der Waals surface area contributed by atoms with Gasteiger partial charge in [0.25, 0.3) is 5.89 Å². The van der Waals surface area contributed by atoms with Crippen LogP contribution in [-0.2, 0) is 11.2 Å². The smallest absolute Gasteiger partial charge is 0.263 e.